The highest BCUT2D eigenvalue weighted by molar-refractivity contribution is 5.77. The van der Waals surface area contributed by atoms with Gasteiger partial charge in [0.1, 0.15) is 11.4 Å². The number of hydrogen-bond donors (Lipinski definition) is 2. The highest BCUT2D eigenvalue weighted by atomic mass is 16.6. The van der Waals surface area contributed by atoms with E-state index >= 15 is 0 Å². The Morgan fingerprint density at radius 1 is 1.25 bits per heavy atom. The van der Waals surface area contributed by atoms with Crippen LogP contribution in [0.25, 0.3) is 11.3 Å². The zero-order chi connectivity index (χ0) is 19.9. The monoisotopic (exact) mass is 383 g/mol. The number of nitrogens with zero attached hydrogens (tertiary/aromatic N) is 4. The number of phenols is 1. The molecule has 4 rings (SSSR count). The van der Waals surface area contributed by atoms with E-state index in [2.05, 4.69) is 20.4 Å². The lowest BCUT2D eigenvalue weighted by molar-refractivity contribution is 0.0216. The smallest absolute Gasteiger partial charge is 0.410 e. The molecule has 1 amide bonds. The van der Waals surface area contributed by atoms with Crippen molar-refractivity contribution in [2.75, 3.05) is 36.4 Å². The average Bonchev–Trinajstić information content (AvgIpc) is 2.66. The molecule has 8 heteroatoms. The van der Waals surface area contributed by atoms with Gasteiger partial charge in [-0.1, -0.05) is 12.1 Å². The number of carbonyl (C=O) groups excluding carboxylic acids is 1. The molecular weight excluding hydrogens is 358 g/mol. The molecule has 0 spiro atoms. The highest BCUT2D eigenvalue weighted by Crippen LogP contribution is 2.36. The molecule has 3 heterocycles. The minimum Gasteiger partial charge on any atom is -0.507 e. The van der Waals surface area contributed by atoms with Crippen molar-refractivity contribution < 1.29 is 14.6 Å². The van der Waals surface area contributed by atoms with Gasteiger partial charge in [-0.2, -0.15) is 0 Å². The van der Waals surface area contributed by atoms with Crippen LogP contribution in [0, 0.1) is 0 Å². The van der Waals surface area contributed by atoms with Gasteiger partial charge in [0.25, 0.3) is 0 Å². The summed E-state index contributed by atoms with van der Waals surface area (Å²) < 4.78 is 5.51. The van der Waals surface area contributed by atoms with Crippen LogP contribution in [0.4, 0.5) is 16.3 Å². The third kappa shape index (κ3) is 3.54. The summed E-state index contributed by atoms with van der Waals surface area (Å²) in [6, 6.07) is 9.15. The van der Waals surface area contributed by atoms with Crippen molar-refractivity contribution in [1.29, 1.82) is 0 Å². The van der Waals surface area contributed by atoms with E-state index in [4.69, 9.17) is 4.74 Å². The van der Waals surface area contributed by atoms with Crippen LogP contribution in [0.5, 0.6) is 5.75 Å². The lowest BCUT2D eigenvalue weighted by atomic mass is 10.1. The molecular formula is C20H25N5O3. The molecule has 2 aliphatic rings. The number of anilines is 2. The van der Waals surface area contributed by atoms with E-state index in [-0.39, 0.29) is 17.9 Å². The molecule has 2 N–H and O–H groups in total. The maximum Gasteiger partial charge on any atom is 0.410 e. The van der Waals surface area contributed by atoms with E-state index in [0.29, 0.717) is 37.4 Å². The number of piperazine rings is 1. The van der Waals surface area contributed by atoms with Crippen molar-refractivity contribution in [3.63, 3.8) is 0 Å². The van der Waals surface area contributed by atoms with Crippen LogP contribution in [-0.4, -0.2) is 64.1 Å². The quantitative estimate of drug-likeness (QED) is 0.782. The zero-order valence-electron chi connectivity index (χ0n) is 16.3. The van der Waals surface area contributed by atoms with E-state index < -0.39 is 5.60 Å². The number of phenolic OH excluding ortho intramolecular Hbond substituents is 1. The molecule has 1 aromatic carbocycles. The number of nitrogens with one attached hydrogen (secondary N) is 1. The zero-order valence-corrected chi connectivity index (χ0v) is 16.3. The molecule has 0 bridgehead atoms. The Kier molecular flexibility index (Phi) is 4.49. The van der Waals surface area contributed by atoms with Crippen LogP contribution in [0.1, 0.15) is 20.8 Å². The SMILES string of the molecule is CC(C)(C)OC(=O)N1CCN2c3cc(-c4ccccc4O)nnc3NC[C@@H]2C1. The van der Waals surface area contributed by atoms with E-state index in [1.165, 1.54) is 0 Å². The maximum atomic E-state index is 12.4. The maximum absolute atomic E-state index is 12.4. The van der Waals surface area contributed by atoms with Gasteiger partial charge in [-0.25, -0.2) is 4.79 Å². The molecule has 0 radical (unpaired) electrons. The summed E-state index contributed by atoms with van der Waals surface area (Å²) in [7, 11) is 0. The Labute approximate surface area is 164 Å². The summed E-state index contributed by atoms with van der Waals surface area (Å²) in [5, 5.41) is 22.0. The number of ether oxygens (including phenoxy) is 1. The normalized spacial score (nSPS) is 18.8. The second-order valence-electron chi connectivity index (χ2n) is 8.14. The minimum absolute atomic E-state index is 0.121. The first-order valence-electron chi connectivity index (χ1n) is 9.46. The number of carbonyl (C=O) groups is 1. The summed E-state index contributed by atoms with van der Waals surface area (Å²) >= 11 is 0. The number of aromatic nitrogens is 2. The number of fused-ring (bicyclic) bond motifs is 3. The molecule has 2 aromatic rings. The largest absolute Gasteiger partial charge is 0.507 e. The second kappa shape index (κ2) is 6.85. The fraction of sp³-hybridized carbons (Fsp3) is 0.450. The van der Waals surface area contributed by atoms with Crippen LogP contribution in [-0.2, 0) is 4.74 Å². The fourth-order valence-electron chi connectivity index (χ4n) is 3.60. The molecule has 2 aliphatic heterocycles. The molecule has 28 heavy (non-hydrogen) atoms. The van der Waals surface area contributed by atoms with Crippen LogP contribution >= 0.6 is 0 Å². The van der Waals surface area contributed by atoms with E-state index in [9.17, 15) is 9.90 Å². The molecule has 1 atom stereocenters. The molecule has 0 saturated carbocycles. The number of amides is 1. The topological polar surface area (TPSA) is 90.8 Å². The number of hydrogen-bond acceptors (Lipinski definition) is 7. The minimum atomic E-state index is -0.506. The van der Waals surface area contributed by atoms with Crippen molar-refractivity contribution in [3.05, 3.63) is 30.3 Å². The molecule has 1 fully saturated rings. The standard InChI is InChI=1S/C20H25N5O3/c1-20(2,3)28-19(27)24-8-9-25-13(12-24)11-21-18-16(25)10-15(22-23-18)14-6-4-5-7-17(14)26/h4-7,10,13,26H,8-9,11-12H2,1-3H3,(H,21,23)/t13-/m1/s1. The molecule has 8 nitrogen and oxygen atoms in total. The van der Waals surface area contributed by atoms with E-state index in [1.807, 2.05) is 39.0 Å². The van der Waals surface area contributed by atoms with Crippen molar-refractivity contribution in [2.24, 2.45) is 0 Å². The Morgan fingerprint density at radius 3 is 2.79 bits per heavy atom. The van der Waals surface area contributed by atoms with Gasteiger partial charge in [-0.05, 0) is 39.0 Å². The number of para-hydroxylation sites is 1. The first-order chi connectivity index (χ1) is 13.3. The number of rotatable bonds is 1. The third-order valence-corrected chi connectivity index (χ3v) is 4.90. The summed E-state index contributed by atoms with van der Waals surface area (Å²) in [6.07, 6.45) is -0.277. The van der Waals surface area contributed by atoms with Gasteiger partial charge in [0.2, 0.25) is 0 Å². The second-order valence-corrected chi connectivity index (χ2v) is 8.14. The Bertz CT molecular complexity index is 896. The first kappa shape index (κ1) is 18.3. The van der Waals surface area contributed by atoms with E-state index in [1.54, 1.807) is 17.0 Å². The lowest BCUT2D eigenvalue weighted by Gasteiger charge is -2.45. The van der Waals surface area contributed by atoms with Gasteiger partial charge < -0.3 is 25.0 Å². The van der Waals surface area contributed by atoms with Crippen LogP contribution in [0.15, 0.2) is 30.3 Å². The first-order valence-corrected chi connectivity index (χ1v) is 9.46. The molecule has 0 aliphatic carbocycles. The van der Waals surface area contributed by atoms with Crippen molar-refractivity contribution in [3.8, 4) is 17.0 Å². The van der Waals surface area contributed by atoms with Crippen LogP contribution < -0.4 is 10.2 Å². The van der Waals surface area contributed by atoms with E-state index in [0.717, 1.165) is 11.5 Å². The lowest BCUT2D eigenvalue weighted by Crippen LogP contribution is -2.59. The number of benzene rings is 1. The van der Waals surface area contributed by atoms with Crippen molar-refractivity contribution >= 4 is 17.6 Å². The van der Waals surface area contributed by atoms with Gasteiger partial charge in [-0.3, -0.25) is 0 Å². The number of aromatic hydroxyl groups is 1. The van der Waals surface area contributed by atoms with Crippen molar-refractivity contribution in [2.45, 2.75) is 32.4 Å². The summed E-state index contributed by atoms with van der Waals surface area (Å²) in [5.41, 5.74) is 1.70. The highest BCUT2D eigenvalue weighted by Gasteiger charge is 2.36. The summed E-state index contributed by atoms with van der Waals surface area (Å²) in [6.45, 7) is 8.15. The van der Waals surface area contributed by atoms with Gasteiger partial charge in [0.05, 0.1) is 17.4 Å². The Balaban J connectivity index is 1.56. The van der Waals surface area contributed by atoms with Gasteiger partial charge in [0, 0.05) is 31.7 Å². The Hall–Kier alpha value is -3.03. The van der Waals surface area contributed by atoms with Gasteiger partial charge in [0.15, 0.2) is 5.82 Å². The molecule has 0 unspecified atom stereocenters. The average molecular weight is 383 g/mol. The molecule has 1 saturated heterocycles. The molecule has 148 valence electrons. The van der Waals surface area contributed by atoms with Gasteiger partial charge >= 0.3 is 6.09 Å². The van der Waals surface area contributed by atoms with Crippen molar-refractivity contribution in [1.82, 2.24) is 15.1 Å². The summed E-state index contributed by atoms with van der Waals surface area (Å²) in [4.78, 5) is 16.4. The van der Waals surface area contributed by atoms with Crippen LogP contribution in [0.2, 0.25) is 0 Å². The summed E-state index contributed by atoms with van der Waals surface area (Å²) in [5.74, 6) is 0.896. The molecule has 1 aromatic heterocycles. The third-order valence-electron chi connectivity index (χ3n) is 4.90. The predicted octanol–water partition coefficient (Wildman–Crippen LogP) is 2.70. The fourth-order valence-corrected chi connectivity index (χ4v) is 3.60. The van der Waals surface area contributed by atoms with Gasteiger partial charge in [-0.15, -0.1) is 10.2 Å². The Morgan fingerprint density at radius 2 is 2.04 bits per heavy atom. The van der Waals surface area contributed by atoms with Crippen LogP contribution in [0.3, 0.4) is 0 Å². The predicted molar refractivity (Wildman–Crippen MR) is 107 cm³/mol.